The van der Waals surface area contributed by atoms with E-state index in [0.29, 0.717) is 12.1 Å². The number of benzene rings is 1. The molecule has 5 nitrogen and oxygen atoms in total. The molecule has 0 atom stereocenters. The van der Waals surface area contributed by atoms with E-state index in [1.54, 1.807) is 0 Å². The number of aromatic nitrogens is 2. The number of nitrogens with two attached hydrogens (primary N) is 1. The summed E-state index contributed by atoms with van der Waals surface area (Å²) in [4.78, 5) is 24.0. The average molecular weight is 277 g/mol. The zero-order valence-corrected chi connectivity index (χ0v) is 11.2. The standard InChI is InChI=1S/C14H16FN3O2/c1-2-6-17-7-5-13(19)18(14(17)20)9-10-3-4-11(15)8-12(10)16/h3-5,7-8H,2,6,9,16H2,1H3. The fourth-order valence-electron chi connectivity index (χ4n) is 1.99. The molecule has 1 aromatic heterocycles. The third-order valence-corrected chi connectivity index (χ3v) is 3.04. The lowest BCUT2D eigenvalue weighted by atomic mass is 10.2. The van der Waals surface area contributed by atoms with Crippen molar-refractivity contribution in [3.63, 3.8) is 0 Å². The van der Waals surface area contributed by atoms with Crippen molar-refractivity contribution in [2.45, 2.75) is 26.4 Å². The normalized spacial score (nSPS) is 10.7. The molecule has 1 heterocycles. The van der Waals surface area contributed by atoms with Crippen molar-refractivity contribution in [1.29, 1.82) is 0 Å². The molecule has 2 aromatic rings. The smallest absolute Gasteiger partial charge is 0.331 e. The first-order valence-electron chi connectivity index (χ1n) is 6.37. The highest BCUT2D eigenvalue weighted by atomic mass is 19.1. The van der Waals surface area contributed by atoms with Gasteiger partial charge >= 0.3 is 5.69 Å². The van der Waals surface area contributed by atoms with Crippen molar-refractivity contribution in [1.82, 2.24) is 9.13 Å². The highest BCUT2D eigenvalue weighted by Crippen LogP contribution is 2.13. The Morgan fingerprint density at radius 3 is 2.65 bits per heavy atom. The van der Waals surface area contributed by atoms with Crippen LogP contribution in [-0.2, 0) is 13.1 Å². The van der Waals surface area contributed by atoms with Crippen LogP contribution in [0.4, 0.5) is 10.1 Å². The van der Waals surface area contributed by atoms with Crippen LogP contribution in [0.5, 0.6) is 0 Å². The molecule has 0 saturated carbocycles. The SMILES string of the molecule is CCCn1ccc(=O)n(Cc2ccc(F)cc2N)c1=O. The van der Waals surface area contributed by atoms with Crippen molar-refractivity contribution in [3.05, 3.63) is 62.7 Å². The first-order chi connectivity index (χ1) is 9.52. The Kier molecular flexibility index (Phi) is 4.02. The van der Waals surface area contributed by atoms with Crippen molar-refractivity contribution < 1.29 is 4.39 Å². The Hall–Kier alpha value is -2.37. The number of halogens is 1. The third kappa shape index (κ3) is 2.79. The number of hydrogen-bond donors (Lipinski definition) is 1. The Morgan fingerprint density at radius 1 is 1.25 bits per heavy atom. The fourth-order valence-corrected chi connectivity index (χ4v) is 1.99. The quantitative estimate of drug-likeness (QED) is 0.853. The van der Waals surface area contributed by atoms with Crippen LogP contribution < -0.4 is 17.0 Å². The first kappa shape index (κ1) is 14.0. The molecule has 0 aliphatic carbocycles. The first-order valence-corrected chi connectivity index (χ1v) is 6.37. The molecule has 0 unspecified atom stereocenters. The van der Waals surface area contributed by atoms with Crippen molar-refractivity contribution >= 4 is 5.69 Å². The molecule has 0 radical (unpaired) electrons. The zero-order chi connectivity index (χ0) is 14.7. The summed E-state index contributed by atoms with van der Waals surface area (Å²) in [5, 5.41) is 0. The molecule has 2 rings (SSSR count). The summed E-state index contributed by atoms with van der Waals surface area (Å²) in [5.74, 6) is -0.449. The van der Waals surface area contributed by atoms with Crippen LogP contribution in [0.1, 0.15) is 18.9 Å². The van der Waals surface area contributed by atoms with Gasteiger partial charge < -0.3 is 10.3 Å². The van der Waals surface area contributed by atoms with Gasteiger partial charge in [-0.2, -0.15) is 0 Å². The molecule has 0 saturated heterocycles. The van der Waals surface area contributed by atoms with Gasteiger partial charge in [0.1, 0.15) is 5.82 Å². The molecule has 1 aromatic carbocycles. The van der Waals surface area contributed by atoms with E-state index in [1.165, 1.54) is 35.0 Å². The van der Waals surface area contributed by atoms with Crippen LogP contribution in [0, 0.1) is 5.82 Å². The third-order valence-electron chi connectivity index (χ3n) is 3.04. The second-order valence-electron chi connectivity index (χ2n) is 4.56. The molecule has 106 valence electrons. The van der Waals surface area contributed by atoms with E-state index in [4.69, 9.17) is 5.73 Å². The van der Waals surface area contributed by atoms with Gasteiger partial charge in [0, 0.05) is 24.5 Å². The maximum absolute atomic E-state index is 13.0. The van der Waals surface area contributed by atoms with Gasteiger partial charge in [0.2, 0.25) is 0 Å². The molecule has 0 bridgehead atoms. The van der Waals surface area contributed by atoms with Crippen molar-refractivity contribution in [2.24, 2.45) is 0 Å². The summed E-state index contributed by atoms with van der Waals surface area (Å²) < 4.78 is 15.6. The molecule has 0 spiro atoms. The summed E-state index contributed by atoms with van der Waals surface area (Å²) in [5.41, 5.74) is 5.68. The Labute approximate surface area is 115 Å². The van der Waals surface area contributed by atoms with Gasteiger partial charge in [-0.3, -0.25) is 9.36 Å². The number of anilines is 1. The maximum Gasteiger partial charge on any atom is 0.331 e. The topological polar surface area (TPSA) is 70.0 Å². The summed E-state index contributed by atoms with van der Waals surface area (Å²) >= 11 is 0. The Bertz CT molecular complexity index is 734. The minimum Gasteiger partial charge on any atom is -0.398 e. The molecule has 0 aliphatic rings. The van der Waals surface area contributed by atoms with Gasteiger partial charge in [0.25, 0.3) is 5.56 Å². The molecular formula is C14H16FN3O2. The van der Waals surface area contributed by atoms with Gasteiger partial charge in [-0.25, -0.2) is 9.18 Å². The van der Waals surface area contributed by atoms with Crippen LogP contribution in [0.25, 0.3) is 0 Å². The van der Waals surface area contributed by atoms with E-state index >= 15 is 0 Å². The molecule has 2 N–H and O–H groups in total. The van der Waals surface area contributed by atoms with E-state index in [1.807, 2.05) is 6.92 Å². The van der Waals surface area contributed by atoms with Crippen LogP contribution in [-0.4, -0.2) is 9.13 Å². The average Bonchev–Trinajstić information content (AvgIpc) is 2.40. The highest BCUT2D eigenvalue weighted by Gasteiger charge is 2.08. The molecular weight excluding hydrogens is 261 g/mol. The number of nitrogen functional groups attached to an aromatic ring is 1. The van der Waals surface area contributed by atoms with Crippen LogP contribution in [0.3, 0.4) is 0 Å². The number of nitrogens with zero attached hydrogens (tertiary/aromatic N) is 2. The fraction of sp³-hybridized carbons (Fsp3) is 0.286. The minimum atomic E-state index is -0.449. The van der Waals surface area contributed by atoms with Crippen LogP contribution in [0.2, 0.25) is 0 Å². The largest absolute Gasteiger partial charge is 0.398 e. The number of hydrogen-bond acceptors (Lipinski definition) is 3. The van der Waals surface area contributed by atoms with Crippen molar-refractivity contribution in [2.75, 3.05) is 5.73 Å². The predicted molar refractivity (Wildman–Crippen MR) is 75.2 cm³/mol. The molecule has 6 heteroatoms. The lowest BCUT2D eigenvalue weighted by molar-refractivity contribution is 0.570. The minimum absolute atomic E-state index is 0.0360. The number of aryl methyl sites for hydroxylation is 1. The van der Waals surface area contributed by atoms with Gasteiger partial charge in [-0.15, -0.1) is 0 Å². The highest BCUT2D eigenvalue weighted by molar-refractivity contribution is 5.46. The van der Waals surface area contributed by atoms with Crippen LogP contribution in [0.15, 0.2) is 40.1 Å². The van der Waals surface area contributed by atoms with Crippen LogP contribution >= 0.6 is 0 Å². The Balaban J connectivity index is 2.45. The summed E-state index contributed by atoms with van der Waals surface area (Å²) in [7, 11) is 0. The van der Waals surface area contributed by atoms with Gasteiger partial charge in [-0.1, -0.05) is 13.0 Å². The van der Waals surface area contributed by atoms with Gasteiger partial charge in [-0.05, 0) is 24.1 Å². The van der Waals surface area contributed by atoms with Gasteiger partial charge in [0.05, 0.1) is 6.54 Å². The summed E-state index contributed by atoms with van der Waals surface area (Å²) in [6.07, 6.45) is 2.27. The number of rotatable bonds is 4. The van der Waals surface area contributed by atoms with E-state index in [2.05, 4.69) is 0 Å². The molecule has 0 aliphatic heterocycles. The zero-order valence-electron chi connectivity index (χ0n) is 11.2. The van der Waals surface area contributed by atoms with E-state index in [0.717, 1.165) is 11.0 Å². The second-order valence-corrected chi connectivity index (χ2v) is 4.56. The monoisotopic (exact) mass is 277 g/mol. The summed E-state index contributed by atoms with van der Waals surface area (Å²) in [6.45, 7) is 2.52. The second kappa shape index (κ2) is 5.73. The predicted octanol–water partition coefficient (Wildman–Crippen LogP) is 1.19. The van der Waals surface area contributed by atoms with E-state index in [-0.39, 0.29) is 17.9 Å². The van der Waals surface area contributed by atoms with E-state index < -0.39 is 11.4 Å². The summed E-state index contributed by atoms with van der Waals surface area (Å²) in [6, 6.07) is 5.25. The molecule has 0 fully saturated rings. The Morgan fingerprint density at radius 2 is 2.00 bits per heavy atom. The van der Waals surface area contributed by atoms with Crippen molar-refractivity contribution in [3.8, 4) is 0 Å². The van der Waals surface area contributed by atoms with Gasteiger partial charge in [0.15, 0.2) is 0 Å². The maximum atomic E-state index is 13.0. The molecule has 20 heavy (non-hydrogen) atoms. The molecule has 0 amide bonds. The lowest BCUT2D eigenvalue weighted by Gasteiger charge is -2.10. The van der Waals surface area contributed by atoms with E-state index in [9.17, 15) is 14.0 Å². The lowest BCUT2D eigenvalue weighted by Crippen LogP contribution is -2.39.